The van der Waals surface area contributed by atoms with Crippen LogP contribution in [-0.2, 0) is 7.05 Å². The van der Waals surface area contributed by atoms with E-state index in [1.54, 1.807) is 38.6 Å². The molecule has 2 heterocycles. The van der Waals surface area contributed by atoms with Crippen LogP contribution in [0.5, 0.6) is 11.5 Å². The summed E-state index contributed by atoms with van der Waals surface area (Å²) < 4.78 is 12.4. The van der Waals surface area contributed by atoms with E-state index in [1.165, 1.54) is 0 Å². The van der Waals surface area contributed by atoms with Gasteiger partial charge in [-0.3, -0.25) is 9.78 Å². The molecular weight excluding hydrogens is 368 g/mol. The number of aryl methyl sites for hydroxylation is 1. The van der Waals surface area contributed by atoms with E-state index >= 15 is 0 Å². The van der Waals surface area contributed by atoms with Gasteiger partial charge in [0.2, 0.25) is 0 Å². The van der Waals surface area contributed by atoms with Gasteiger partial charge in [0.05, 0.1) is 42.8 Å². The van der Waals surface area contributed by atoms with Gasteiger partial charge in [-0.25, -0.2) is 4.98 Å². The molecule has 0 aliphatic heterocycles. The van der Waals surface area contributed by atoms with E-state index in [0.717, 1.165) is 22.4 Å². The number of fused-ring (bicyclic) bond motifs is 1. The summed E-state index contributed by atoms with van der Waals surface area (Å²) in [5.74, 6) is 0.841. The van der Waals surface area contributed by atoms with E-state index in [0.29, 0.717) is 22.7 Å². The molecule has 7 nitrogen and oxygen atoms in total. The molecular formula is C22H20N4O3. The van der Waals surface area contributed by atoms with Crippen molar-refractivity contribution >= 4 is 22.6 Å². The van der Waals surface area contributed by atoms with Gasteiger partial charge in [-0.1, -0.05) is 12.1 Å². The van der Waals surface area contributed by atoms with E-state index in [9.17, 15) is 4.79 Å². The molecule has 0 aliphatic rings. The molecule has 4 aromatic rings. The number of ether oxygens (including phenoxy) is 2. The summed E-state index contributed by atoms with van der Waals surface area (Å²) in [4.78, 5) is 21.9. The molecule has 4 rings (SSSR count). The highest BCUT2D eigenvalue weighted by Crippen LogP contribution is 2.26. The summed E-state index contributed by atoms with van der Waals surface area (Å²) >= 11 is 0. The van der Waals surface area contributed by atoms with Crippen molar-refractivity contribution in [1.82, 2.24) is 14.5 Å². The molecule has 0 bridgehead atoms. The molecule has 0 aliphatic carbocycles. The van der Waals surface area contributed by atoms with Crippen molar-refractivity contribution in [3.8, 4) is 22.9 Å². The summed E-state index contributed by atoms with van der Waals surface area (Å²) in [6.45, 7) is 0. The van der Waals surface area contributed by atoms with Gasteiger partial charge in [0.15, 0.2) is 0 Å². The molecule has 1 N–H and O–H groups in total. The lowest BCUT2D eigenvalue weighted by molar-refractivity contribution is 0.102. The Morgan fingerprint density at radius 1 is 1.00 bits per heavy atom. The van der Waals surface area contributed by atoms with Gasteiger partial charge in [-0.2, -0.15) is 0 Å². The van der Waals surface area contributed by atoms with Crippen LogP contribution in [0.1, 0.15) is 10.4 Å². The molecule has 0 spiro atoms. The van der Waals surface area contributed by atoms with Gasteiger partial charge in [-0.05, 0) is 30.3 Å². The smallest absolute Gasteiger partial charge is 0.255 e. The number of rotatable bonds is 5. The van der Waals surface area contributed by atoms with Gasteiger partial charge in [0, 0.05) is 24.9 Å². The molecule has 29 heavy (non-hydrogen) atoms. The van der Waals surface area contributed by atoms with E-state index < -0.39 is 0 Å². The zero-order chi connectivity index (χ0) is 20.4. The van der Waals surface area contributed by atoms with Crippen LogP contribution >= 0.6 is 0 Å². The molecule has 0 atom stereocenters. The number of aromatic nitrogens is 3. The third-order valence-corrected chi connectivity index (χ3v) is 4.59. The first kappa shape index (κ1) is 18.5. The minimum atomic E-state index is -0.260. The van der Waals surface area contributed by atoms with Gasteiger partial charge >= 0.3 is 0 Å². The largest absolute Gasteiger partial charge is 0.497 e. The Bertz CT molecular complexity index is 1180. The minimum absolute atomic E-state index is 0.260. The fourth-order valence-electron chi connectivity index (χ4n) is 3.11. The average Bonchev–Trinajstić information content (AvgIpc) is 3.12. The van der Waals surface area contributed by atoms with E-state index in [2.05, 4.69) is 15.3 Å². The number of para-hydroxylation sites is 2. The first-order valence-electron chi connectivity index (χ1n) is 9.00. The highest BCUT2D eigenvalue weighted by Gasteiger charge is 2.14. The summed E-state index contributed by atoms with van der Waals surface area (Å²) in [5.41, 5.74) is 4.34. The van der Waals surface area contributed by atoms with Gasteiger partial charge in [0.1, 0.15) is 17.2 Å². The van der Waals surface area contributed by atoms with Crippen molar-refractivity contribution in [3.63, 3.8) is 0 Å². The third-order valence-electron chi connectivity index (χ3n) is 4.59. The van der Waals surface area contributed by atoms with Crippen LogP contribution in [-0.4, -0.2) is 34.7 Å². The molecule has 0 saturated carbocycles. The average molecular weight is 388 g/mol. The van der Waals surface area contributed by atoms with Gasteiger partial charge in [0.25, 0.3) is 5.91 Å². The maximum Gasteiger partial charge on any atom is 0.255 e. The van der Waals surface area contributed by atoms with Crippen molar-refractivity contribution in [2.75, 3.05) is 19.5 Å². The van der Waals surface area contributed by atoms with Crippen molar-refractivity contribution in [2.24, 2.45) is 7.05 Å². The van der Waals surface area contributed by atoms with Gasteiger partial charge in [-0.15, -0.1) is 0 Å². The number of methoxy groups -OCH3 is 2. The maximum atomic E-state index is 12.7. The number of nitrogens with zero attached hydrogens (tertiary/aromatic N) is 3. The van der Waals surface area contributed by atoms with Crippen LogP contribution in [0.3, 0.4) is 0 Å². The highest BCUT2D eigenvalue weighted by molar-refractivity contribution is 6.05. The van der Waals surface area contributed by atoms with Crippen molar-refractivity contribution in [2.45, 2.75) is 0 Å². The SMILES string of the molecule is COc1cc(OC)cc(C(=O)Nc2cc(-c3cnc4ccccc4n3)n(C)c2)c1. The monoisotopic (exact) mass is 388 g/mol. The van der Waals surface area contributed by atoms with E-state index in [-0.39, 0.29) is 5.91 Å². The quantitative estimate of drug-likeness (QED) is 0.561. The molecule has 2 aromatic carbocycles. The molecule has 0 unspecified atom stereocenters. The second kappa shape index (κ2) is 7.63. The summed E-state index contributed by atoms with van der Waals surface area (Å²) in [6.07, 6.45) is 3.57. The molecule has 0 saturated heterocycles. The number of benzene rings is 2. The van der Waals surface area contributed by atoms with Crippen LogP contribution < -0.4 is 14.8 Å². The van der Waals surface area contributed by atoms with Crippen molar-refractivity contribution < 1.29 is 14.3 Å². The minimum Gasteiger partial charge on any atom is -0.497 e. The lowest BCUT2D eigenvalue weighted by atomic mass is 10.2. The fourth-order valence-corrected chi connectivity index (χ4v) is 3.11. The summed E-state index contributed by atoms with van der Waals surface area (Å²) in [7, 11) is 4.99. The number of carbonyl (C=O) groups is 1. The highest BCUT2D eigenvalue weighted by atomic mass is 16.5. The zero-order valence-electron chi connectivity index (χ0n) is 16.3. The number of amides is 1. The number of carbonyl (C=O) groups excluding carboxylic acids is 1. The van der Waals surface area contributed by atoms with Crippen LogP contribution in [0.2, 0.25) is 0 Å². The Morgan fingerprint density at radius 2 is 1.69 bits per heavy atom. The second-order valence-electron chi connectivity index (χ2n) is 6.52. The number of hydrogen-bond acceptors (Lipinski definition) is 5. The molecule has 1 amide bonds. The Labute approximate surface area is 167 Å². The third kappa shape index (κ3) is 3.75. The van der Waals surface area contributed by atoms with Crippen molar-refractivity contribution in [1.29, 1.82) is 0 Å². The first-order chi connectivity index (χ1) is 14.1. The van der Waals surface area contributed by atoms with Crippen LogP contribution in [0.25, 0.3) is 22.4 Å². The topological polar surface area (TPSA) is 78.3 Å². The number of nitrogens with one attached hydrogen (secondary N) is 1. The Kier molecular flexibility index (Phi) is 4.87. The lowest BCUT2D eigenvalue weighted by Crippen LogP contribution is -2.11. The predicted molar refractivity (Wildman–Crippen MR) is 111 cm³/mol. The molecule has 146 valence electrons. The van der Waals surface area contributed by atoms with Crippen LogP contribution in [0.4, 0.5) is 5.69 Å². The Balaban J connectivity index is 1.61. The predicted octanol–water partition coefficient (Wildman–Crippen LogP) is 3.90. The second-order valence-corrected chi connectivity index (χ2v) is 6.52. The van der Waals surface area contributed by atoms with Crippen LogP contribution in [0, 0.1) is 0 Å². The van der Waals surface area contributed by atoms with E-state index in [4.69, 9.17) is 9.47 Å². The Hall–Kier alpha value is -3.87. The molecule has 2 aromatic heterocycles. The van der Waals surface area contributed by atoms with E-state index in [1.807, 2.05) is 48.1 Å². The molecule has 0 radical (unpaired) electrons. The fraction of sp³-hybridized carbons (Fsp3) is 0.136. The zero-order valence-corrected chi connectivity index (χ0v) is 16.3. The summed E-state index contributed by atoms with van der Waals surface area (Å²) in [6, 6.07) is 14.6. The Morgan fingerprint density at radius 3 is 2.38 bits per heavy atom. The summed E-state index contributed by atoms with van der Waals surface area (Å²) in [5, 5.41) is 2.91. The molecule has 7 heteroatoms. The normalized spacial score (nSPS) is 10.7. The number of anilines is 1. The number of hydrogen-bond donors (Lipinski definition) is 1. The van der Waals surface area contributed by atoms with Crippen LogP contribution in [0.15, 0.2) is 60.9 Å². The molecule has 0 fully saturated rings. The van der Waals surface area contributed by atoms with Gasteiger partial charge < -0.3 is 19.4 Å². The van der Waals surface area contributed by atoms with Crippen molar-refractivity contribution in [3.05, 3.63) is 66.5 Å². The first-order valence-corrected chi connectivity index (χ1v) is 9.00. The standard InChI is InChI=1S/C22H20N4O3/c1-26-13-15(24-22(27)14-8-16(28-2)11-17(9-14)29-3)10-21(26)20-12-23-18-6-4-5-7-19(18)25-20/h4-13H,1-3H3,(H,24,27). The maximum absolute atomic E-state index is 12.7. The lowest BCUT2D eigenvalue weighted by Gasteiger charge is -2.08.